The molecule has 1 atom stereocenters. The fraction of sp³-hybridized carbons (Fsp3) is 0.478. The number of fused-ring (bicyclic) bond motifs is 1. The van der Waals surface area contributed by atoms with Gasteiger partial charge in [-0.2, -0.15) is 0 Å². The molecule has 2 aromatic carbocycles. The number of aromatic hydroxyl groups is 1. The van der Waals surface area contributed by atoms with Gasteiger partial charge in [-0.05, 0) is 122 Å². The number of carbonyl (C=O) groups excluding carboxylic acids is 1. The van der Waals surface area contributed by atoms with E-state index in [-0.39, 0.29) is 28.6 Å². The van der Waals surface area contributed by atoms with Crippen molar-refractivity contribution in [3.63, 3.8) is 0 Å². The van der Waals surface area contributed by atoms with Crippen LogP contribution in [0, 0.1) is 0 Å². The number of nitrogens with zero attached hydrogens (tertiary/aromatic N) is 1. The Kier molecular flexibility index (Phi) is 15.5. The lowest BCUT2D eigenvalue weighted by molar-refractivity contribution is -0.169. The van der Waals surface area contributed by atoms with E-state index >= 15 is 0 Å². The normalized spacial score (nSPS) is 16.8. The van der Waals surface area contributed by atoms with Crippen molar-refractivity contribution in [2.45, 2.75) is 101 Å². The van der Waals surface area contributed by atoms with E-state index in [9.17, 15) is 19.8 Å². The first-order chi connectivity index (χ1) is 29.0. The third kappa shape index (κ3) is 11.1. The van der Waals surface area contributed by atoms with Crippen molar-refractivity contribution in [2.75, 3.05) is 40.4 Å². The maximum Gasteiger partial charge on any atom is 0.349 e. The number of aromatic nitrogens is 1. The van der Waals surface area contributed by atoms with E-state index in [0.29, 0.717) is 64.0 Å². The number of benzene rings is 2. The molecule has 5 aromatic rings. The van der Waals surface area contributed by atoms with E-state index in [1.54, 1.807) is 31.4 Å². The highest BCUT2D eigenvalue weighted by Crippen LogP contribution is 2.42. The number of hydrogen-bond acceptors (Lipinski definition) is 12. The molecule has 0 amide bonds. The van der Waals surface area contributed by atoms with Crippen LogP contribution in [-0.2, 0) is 26.0 Å². The molecule has 1 aliphatic carbocycles. The maximum absolute atomic E-state index is 13.4. The first-order valence-electron chi connectivity index (χ1n) is 21.0. The number of phenolic OH excluding ortho intramolecular Hbond substituents is 1. The van der Waals surface area contributed by atoms with Crippen molar-refractivity contribution in [3.8, 4) is 17.2 Å². The molecule has 0 saturated heterocycles. The molecule has 1 fully saturated rings. The predicted octanol–water partition coefficient (Wildman–Crippen LogP) is 9.41. The summed E-state index contributed by atoms with van der Waals surface area (Å²) in [4.78, 5) is 31.8. The van der Waals surface area contributed by atoms with Crippen molar-refractivity contribution in [2.24, 2.45) is 0 Å². The van der Waals surface area contributed by atoms with Gasteiger partial charge in [-0.1, -0.05) is 50.6 Å². The molecule has 11 nitrogen and oxygen atoms in total. The van der Waals surface area contributed by atoms with Crippen LogP contribution >= 0.6 is 34.3 Å². The second-order valence-corrected chi connectivity index (χ2v) is 24.4. The first kappa shape index (κ1) is 46.8. The number of aliphatic hydroxyl groups is 1. The number of rotatable bonds is 19. The molecule has 3 heterocycles. The van der Waals surface area contributed by atoms with E-state index in [0.717, 1.165) is 55.2 Å². The van der Waals surface area contributed by atoms with Crippen molar-refractivity contribution < 1.29 is 33.6 Å². The molecule has 0 aliphatic heterocycles. The van der Waals surface area contributed by atoms with Gasteiger partial charge in [0.1, 0.15) is 23.4 Å². The van der Waals surface area contributed by atoms with Crippen molar-refractivity contribution in [3.05, 3.63) is 108 Å². The molecule has 4 N–H and O–H groups in total. The molecular weight excluding hydrogens is 850 g/mol. The minimum absolute atomic E-state index is 0.0200. The number of methoxy groups -OCH3 is 1. The molecule has 15 heteroatoms. The summed E-state index contributed by atoms with van der Waals surface area (Å²) in [6.45, 7) is 13.5. The first-order valence-corrected chi connectivity index (χ1v) is 26.0. The Morgan fingerprint density at radius 3 is 2.33 bits per heavy atom. The number of nitrogens with one attached hydrogen (secondary N) is 2. The lowest BCUT2D eigenvalue weighted by Crippen LogP contribution is -2.43. The number of thiophene rings is 2. The Hall–Kier alpha value is -3.73. The van der Waals surface area contributed by atoms with E-state index in [4.69, 9.17) is 30.2 Å². The lowest BCUT2D eigenvalue weighted by Gasteiger charge is -2.39. The summed E-state index contributed by atoms with van der Waals surface area (Å²) in [5.41, 5.74) is 0.183. The molecule has 3 aromatic heterocycles. The quantitative estimate of drug-likeness (QED) is 0.0360. The zero-order valence-electron chi connectivity index (χ0n) is 36.2. The summed E-state index contributed by atoms with van der Waals surface area (Å²) in [6, 6.07) is 18.1. The zero-order valence-corrected chi connectivity index (χ0v) is 39.6. The topological polar surface area (TPSA) is 143 Å². The average Bonchev–Trinajstić information content (AvgIpc) is 3.98. The van der Waals surface area contributed by atoms with Crippen LogP contribution in [-0.4, -0.2) is 86.9 Å². The third-order valence-corrected chi connectivity index (χ3v) is 19.0. The summed E-state index contributed by atoms with van der Waals surface area (Å²) in [5.74, 6) is 0.684. The number of ether oxygens (including phenoxy) is 3. The van der Waals surface area contributed by atoms with Gasteiger partial charge in [-0.3, -0.25) is 4.79 Å². The number of pyridine rings is 1. The van der Waals surface area contributed by atoms with E-state index in [1.807, 2.05) is 41.1 Å². The summed E-state index contributed by atoms with van der Waals surface area (Å²) >= 11 is 9.47. The van der Waals surface area contributed by atoms with Gasteiger partial charge in [0.15, 0.2) is 8.32 Å². The van der Waals surface area contributed by atoms with Gasteiger partial charge in [0.05, 0.1) is 40.1 Å². The number of H-pyrrole nitrogens is 1. The number of aromatic amines is 1. The van der Waals surface area contributed by atoms with Crippen LogP contribution in [0.5, 0.6) is 17.2 Å². The summed E-state index contributed by atoms with van der Waals surface area (Å²) < 4.78 is 24.9. The zero-order chi connectivity index (χ0) is 44.0. The van der Waals surface area contributed by atoms with Crippen molar-refractivity contribution >= 4 is 59.5 Å². The molecule has 1 saturated carbocycles. The Bertz CT molecular complexity index is 2240. The van der Waals surface area contributed by atoms with Crippen LogP contribution < -0.4 is 20.3 Å². The summed E-state index contributed by atoms with van der Waals surface area (Å²) in [6.07, 6.45) is 4.16. The van der Waals surface area contributed by atoms with Crippen molar-refractivity contribution in [1.82, 2.24) is 15.2 Å². The van der Waals surface area contributed by atoms with Crippen LogP contribution in [0.25, 0.3) is 10.9 Å². The van der Waals surface area contributed by atoms with Crippen LogP contribution in [0.1, 0.15) is 79.9 Å². The molecule has 330 valence electrons. The Morgan fingerprint density at radius 2 is 1.70 bits per heavy atom. The highest BCUT2D eigenvalue weighted by molar-refractivity contribution is 7.12. The van der Waals surface area contributed by atoms with Gasteiger partial charge in [-0.15, -0.1) is 22.7 Å². The van der Waals surface area contributed by atoms with Crippen LogP contribution in [0.2, 0.25) is 23.2 Å². The third-order valence-electron chi connectivity index (χ3n) is 12.2. The largest absolute Gasteiger partial charge is 0.506 e. The minimum Gasteiger partial charge on any atom is -0.506 e. The molecule has 1 aliphatic rings. The molecule has 6 rings (SSSR count). The Morgan fingerprint density at radius 1 is 1.02 bits per heavy atom. The number of carbonyl (C=O) groups is 1. The van der Waals surface area contributed by atoms with E-state index in [2.05, 4.69) is 56.1 Å². The SMILES string of the molecule is COc1cc(OCCCN(C)[C@H]2CC[C@H](OC(=O)C(O)(c3cccs3)c3cccs3)CC2)c(Cl)cc1CCNC[C@H](O[Si](C)(C)C(C)(C)C)c1ccc(O)c2[nH]c(=O)ccc12. The average molecular weight is 911 g/mol. The van der Waals surface area contributed by atoms with Gasteiger partial charge in [0.25, 0.3) is 0 Å². The van der Waals surface area contributed by atoms with Gasteiger partial charge in [-0.25, -0.2) is 4.79 Å². The van der Waals surface area contributed by atoms with Gasteiger partial charge < -0.3 is 44.1 Å². The second kappa shape index (κ2) is 20.2. The van der Waals surface area contributed by atoms with Crippen molar-refractivity contribution in [1.29, 1.82) is 0 Å². The lowest BCUT2D eigenvalue weighted by atomic mass is 9.91. The fourth-order valence-corrected chi connectivity index (χ4v) is 10.9. The van der Waals surface area contributed by atoms with E-state index < -0.39 is 19.9 Å². The van der Waals surface area contributed by atoms with Gasteiger partial charge >= 0.3 is 5.97 Å². The molecule has 61 heavy (non-hydrogen) atoms. The van der Waals surface area contributed by atoms with Crippen LogP contribution in [0.3, 0.4) is 0 Å². The highest BCUT2D eigenvalue weighted by Gasteiger charge is 2.45. The molecule has 0 spiro atoms. The van der Waals surface area contributed by atoms with Gasteiger partial charge in [0.2, 0.25) is 11.2 Å². The van der Waals surface area contributed by atoms with Gasteiger partial charge in [0, 0.05) is 36.7 Å². The summed E-state index contributed by atoms with van der Waals surface area (Å²) in [5, 5.41) is 30.7. The number of halogens is 1. The predicted molar refractivity (Wildman–Crippen MR) is 248 cm³/mol. The highest BCUT2D eigenvalue weighted by atomic mass is 35.5. The fourth-order valence-electron chi connectivity index (χ4n) is 7.63. The molecule has 0 radical (unpaired) electrons. The molecular formula is C46H60ClN3O8S2Si. The standard InChI is InChI=1S/C46H60ClN3O8S2Si/c1-45(2,3)61(6,7)58-39(33-17-19-36(51)43-34(33)18-20-42(52)49-43)29-48-22-21-30-27-35(47)38(28-37(30)55-5)56-24-10-23-50(4)31-13-15-32(16-14-31)57-44(53)46(54,40-11-8-25-59-40)41-12-9-26-60-41/h8-9,11-12,17-20,25-28,31-32,39,48,51,54H,10,13-16,21-24,29H2,1-7H3,(H,49,52)/t31-,32-,39-/m0/s1. The monoisotopic (exact) mass is 909 g/mol. The number of hydrogen-bond donors (Lipinski definition) is 4. The summed E-state index contributed by atoms with van der Waals surface area (Å²) in [7, 11) is 1.55. The second-order valence-electron chi connectivity index (χ2n) is 17.4. The molecule has 0 unspecified atom stereocenters. The number of phenols is 1. The number of esters is 1. The van der Waals surface area contributed by atoms with Crippen LogP contribution in [0.4, 0.5) is 0 Å². The Labute approximate surface area is 373 Å². The van der Waals surface area contributed by atoms with Crippen LogP contribution in [0.15, 0.2) is 76.2 Å². The smallest absolute Gasteiger partial charge is 0.349 e. The van der Waals surface area contributed by atoms with E-state index in [1.165, 1.54) is 28.7 Å². The minimum atomic E-state index is -2.22. The maximum atomic E-state index is 13.4. The Balaban J connectivity index is 0.978. The molecule has 0 bridgehead atoms.